The largest absolute Gasteiger partial charge is 0.338 e. The lowest BCUT2D eigenvalue weighted by Gasteiger charge is -2.24. The van der Waals surface area contributed by atoms with Gasteiger partial charge in [0.15, 0.2) is 0 Å². The Kier molecular flexibility index (Phi) is 2.13. The molecule has 2 aromatic rings. The fourth-order valence-corrected chi connectivity index (χ4v) is 2.46. The number of hydrogen-bond acceptors (Lipinski definition) is 2. The molecule has 1 aromatic heterocycles. The number of para-hydroxylation sites is 1. The summed E-state index contributed by atoms with van der Waals surface area (Å²) in [5.41, 5.74) is 4.00. The molecule has 0 bridgehead atoms. The highest BCUT2D eigenvalue weighted by Gasteiger charge is 2.26. The molecular weight excluding hydrogens is 196 g/mol. The number of fused-ring (bicyclic) bond motifs is 1. The minimum Gasteiger partial charge on any atom is -0.338 e. The van der Waals surface area contributed by atoms with Crippen molar-refractivity contribution in [2.45, 2.75) is 19.4 Å². The fraction of sp³-hybridized carbons (Fsp3) is 0.214. The summed E-state index contributed by atoms with van der Waals surface area (Å²) in [4.78, 5) is 6.46. The van der Waals surface area contributed by atoms with Gasteiger partial charge in [-0.2, -0.15) is 0 Å². The lowest BCUT2D eigenvalue weighted by molar-refractivity contribution is 0.758. The zero-order chi connectivity index (χ0) is 11.0. The van der Waals surface area contributed by atoms with Gasteiger partial charge in [0.05, 0.1) is 0 Å². The van der Waals surface area contributed by atoms with Crippen molar-refractivity contribution in [3.8, 4) is 0 Å². The van der Waals surface area contributed by atoms with Gasteiger partial charge < -0.3 is 4.90 Å². The second-order valence-electron chi connectivity index (χ2n) is 4.26. The summed E-state index contributed by atoms with van der Waals surface area (Å²) in [5.74, 6) is 0. The predicted molar refractivity (Wildman–Crippen MR) is 66.0 cm³/mol. The standard InChI is InChI=1S/C14H14N2/c1-11-10-12-4-2-3-5-14(12)16(11)13-6-8-15-9-7-13/h2-9,11H,10H2,1H3. The number of hydrogen-bond donors (Lipinski definition) is 0. The van der Waals surface area contributed by atoms with Crippen LogP contribution in [0.2, 0.25) is 0 Å². The van der Waals surface area contributed by atoms with Crippen LogP contribution in [0.25, 0.3) is 0 Å². The SMILES string of the molecule is CC1Cc2ccccc2N1c1ccncc1. The van der Waals surface area contributed by atoms with Crippen LogP contribution in [0, 0.1) is 0 Å². The molecule has 0 fully saturated rings. The normalized spacial score (nSPS) is 18.6. The van der Waals surface area contributed by atoms with Gasteiger partial charge >= 0.3 is 0 Å². The van der Waals surface area contributed by atoms with Crippen LogP contribution in [0.4, 0.5) is 11.4 Å². The van der Waals surface area contributed by atoms with Crippen LogP contribution in [0.3, 0.4) is 0 Å². The molecule has 0 radical (unpaired) electrons. The summed E-state index contributed by atoms with van der Waals surface area (Å²) in [6.07, 6.45) is 4.82. The Morgan fingerprint density at radius 2 is 1.88 bits per heavy atom. The van der Waals surface area contributed by atoms with E-state index < -0.39 is 0 Å². The highest BCUT2D eigenvalue weighted by molar-refractivity contribution is 5.70. The Balaban J connectivity index is 2.09. The van der Waals surface area contributed by atoms with Crippen molar-refractivity contribution in [1.82, 2.24) is 4.98 Å². The van der Waals surface area contributed by atoms with Crippen molar-refractivity contribution in [2.24, 2.45) is 0 Å². The quantitative estimate of drug-likeness (QED) is 0.718. The van der Waals surface area contributed by atoms with E-state index in [0.717, 1.165) is 6.42 Å². The molecule has 0 amide bonds. The molecule has 0 N–H and O–H groups in total. The van der Waals surface area contributed by atoms with Crippen LogP contribution in [0.5, 0.6) is 0 Å². The molecule has 1 aromatic carbocycles. The average Bonchev–Trinajstić information content (AvgIpc) is 2.66. The Morgan fingerprint density at radius 1 is 1.12 bits per heavy atom. The summed E-state index contributed by atoms with van der Waals surface area (Å²) >= 11 is 0. The van der Waals surface area contributed by atoms with E-state index in [1.165, 1.54) is 16.9 Å². The molecule has 2 heterocycles. The maximum atomic E-state index is 4.07. The van der Waals surface area contributed by atoms with Crippen LogP contribution >= 0.6 is 0 Å². The molecular formula is C14H14N2. The Labute approximate surface area is 95.6 Å². The first kappa shape index (κ1) is 9.40. The lowest BCUT2D eigenvalue weighted by Crippen LogP contribution is -2.23. The van der Waals surface area contributed by atoms with E-state index in [-0.39, 0.29) is 0 Å². The molecule has 16 heavy (non-hydrogen) atoms. The van der Waals surface area contributed by atoms with Gasteiger partial charge in [-0.25, -0.2) is 0 Å². The van der Waals surface area contributed by atoms with Crippen molar-refractivity contribution in [1.29, 1.82) is 0 Å². The van der Waals surface area contributed by atoms with E-state index in [1.54, 1.807) is 0 Å². The van der Waals surface area contributed by atoms with Crippen molar-refractivity contribution in [2.75, 3.05) is 4.90 Å². The van der Waals surface area contributed by atoms with Crippen molar-refractivity contribution >= 4 is 11.4 Å². The van der Waals surface area contributed by atoms with Crippen LogP contribution in [-0.2, 0) is 6.42 Å². The second kappa shape index (κ2) is 3.63. The predicted octanol–water partition coefficient (Wildman–Crippen LogP) is 3.16. The summed E-state index contributed by atoms with van der Waals surface area (Å²) in [5, 5.41) is 0. The van der Waals surface area contributed by atoms with Gasteiger partial charge in [-0.15, -0.1) is 0 Å². The first-order valence-electron chi connectivity index (χ1n) is 5.63. The van der Waals surface area contributed by atoms with Crippen LogP contribution in [0.15, 0.2) is 48.8 Å². The first-order valence-corrected chi connectivity index (χ1v) is 5.63. The van der Waals surface area contributed by atoms with Crippen LogP contribution in [-0.4, -0.2) is 11.0 Å². The second-order valence-corrected chi connectivity index (χ2v) is 4.26. The molecule has 1 atom stereocenters. The Bertz CT molecular complexity index is 493. The third kappa shape index (κ3) is 1.38. The highest BCUT2D eigenvalue weighted by Crippen LogP contribution is 2.37. The number of anilines is 2. The summed E-state index contributed by atoms with van der Waals surface area (Å²) in [6, 6.07) is 13.3. The van der Waals surface area contributed by atoms with E-state index in [9.17, 15) is 0 Å². The van der Waals surface area contributed by atoms with E-state index in [1.807, 2.05) is 12.4 Å². The lowest BCUT2D eigenvalue weighted by atomic mass is 10.1. The molecule has 1 aliphatic heterocycles. The maximum absolute atomic E-state index is 4.07. The monoisotopic (exact) mass is 210 g/mol. The summed E-state index contributed by atoms with van der Waals surface area (Å²) in [7, 11) is 0. The van der Waals surface area contributed by atoms with Crippen molar-refractivity contribution in [3.05, 3.63) is 54.4 Å². The van der Waals surface area contributed by atoms with Gasteiger partial charge in [0.1, 0.15) is 0 Å². The molecule has 80 valence electrons. The Hall–Kier alpha value is -1.83. The summed E-state index contributed by atoms with van der Waals surface area (Å²) < 4.78 is 0. The van der Waals surface area contributed by atoms with Gasteiger partial charge in [-0.05, 0) is 37.1 Å². The molecule has 0 aliphatic carbocycles. The first-order chi connectivity index (χ1) is 7.86. The van der Waals surface area contributed by atoms with Gasteiger partial charge in [0, 0.05) is 29.8 Å². The molecule has 1 aliphatic rings. The van der Waals surface area contributed by atoms with E-state index in [4.69, 9.17) is 0 Å². The molecule has 0 saturated heterocycles. The number of benzene rings is 1. The third-order valence-electron chi connectivity index (χ3n) is 3.15. The van der Waals surface area contributed by atoms with Gasteiger partial charge in [-0.1, -0.05) is 18.2 Å². The van der Waals surface area contributed by atoms with Crippen LogP contribution in [0.1, 0.15) is 12.5 Å². The molecule has 0 spiro atoms. The zero-order valence-electron chi connectivity index (χ0n) is 9.30. The van der Waals surface area contributed by atoms with E-state index in [2.05, 4.69) is 53.2 Å². The topological polar surface area (TPSA) is 16.1 Å². The number of aromatic nitrogens is 1. The summed E-state index contributed by atoms with van der Waals surface area (Å²) in [6.45, 7) is 2.26. The smallest absolute Gasteiger partial charge is 0.0446 e. The van der Waals surface area contributed by atoms with E-state index >= 15 is 0 Å². The minimum absolute atomic E-state index is 0.528. The average molecular weight is 210 g/mol. The molecule has 2 heteroatoms. The number of rotatable bonds is 1. The van der Waals surface area contributed by atoms with Gasteiger partial charge in [0.2, 0.25) is 0 Å². The third-order valence-corrected chi connectivity index (χ3v) is 3.15. The zero-order valence-corrected chi connectivity index (χ0v) is 9.30. The molecule has 3 rings (SSSR count). The molecule has 1 unspecified atom stereocenters. The van der Waals surface area contributed by atoms with Gasteiger partial charge in [0.25, 0.3) is 0 Å². The maximum Gasteiger partial charge on any atom is 0.0446 e. The van der Waals surface area contributed by atoms with E-state index in [0.29, 0.717) is 6.04 Å². The molecule has 0 saturated carbocycles. The minimum atomic E-state index is 0.528. The molecule has 2 nitrogen and oxygen atoms in total. The van der Waals surface area contributed by atoms with Gasteiger partial charge in [-0.3, -0.25) is 4.98 Å². The van der Waals surface area contributed by atoms with Crippen molar-refractivity contribution < 1.29 is 0 Å². The Morgan fingerprint density at radius 3 is 2.69 bits per heavy atom. The number of nitrogens with zero attached hydrogens (tertiary/aromatic N) is 2. The number of pyridine rings is 1. The van der Waals surface area contributed by atoms with Crippen molar-refractivity contribution in [3.63, 3.8) is 0 Å². The fourth-order valence-electron chi connectivity index (χ4n) is 2.46. The van der Waals surface area contributed by atoms with Crippen LogP contribution < -0.4 is 4.90 Å². The highest BCUT2D eigenvalue weighted by atomic mass is 15.2.